The van der Waals surface area contributed by atoms with E-state index in [4.69, 9.17) is 0 Å². The molecule has 0 saturated heterocycles. The van der Waals surface area contributed by atoms with Crippen molar-refractivity contribution in [2.24, 2.45) is 0 Å². The number of nitrogens with one attached hydrogen (secondary N) is 1. The molecule has 4 aromatic rings. The third-order valence-corrected chi connectivity index (χ3v) is 4.63. The first kappa shape index (κ1) is 17.9. The van der Waals surface area contributed by atoms with Gasteiger partial charge >= 0.3 is 0 Å². The number of rotatable bonds is 6. The number of hydrogen-bond donors (Lipinski definition) is 1. The Morgan fingerprint density at radius 3 is 2.89 bits per heavy atom. The van der Waals surface area contributed by atoms with Crippen molar-refractivity contribution in [2.45, 2.75) is 33.2 Å². The lowest BCUT2D eigenvalue weighted by Gasteiger charge is -2.05. The van der Waals surface area contributed by atoms with Crippen molar-refractivity contribution in [1.29, 1.82) is 0 Å². The fourth-order valence-corrected chi connectivity index (χ4v) is 3.27. The van der Waals surface area contributed by atoms with Crippen LogP contribution in [-0.4, -0.2) is 46.9 Å². The Labute approximate surface area is 162 Å². The van der Waals surface area contributed by atoms with Gasteiger partial charge in [0.05, 0.1) is 23.6 Å². The number of fused-ring (bicyclic) bond motifs is 1. The molecule has 144 valence electrons. The molecule has 0 aliphatic rings. The van der Waals surface area contributed by atoms with E-state index in [-0.39, 0.29) is 5.91 Å². The molecule has 0 saturated carbocycles. The summed E-state index contributed by atoms with van der Waals surface area (Å²) < 4.78 is 5.63. The molecule has 0 aromatic carbocycles. The lowest BCUT2D eigenvalue weighted by atomic mass is 10.3. The smallest absolute Gasteiger partial charge is 0.219 e. The predicted octanol–water partition coefficient (Wildman–Crippen LogP) is 1.92. The number of amides is 1. The molecule has 1 amide bonds. The van der Waals surface area contributed by atoms with Crippen molar-refractivity contribution in [2.75, 3.05) is 7.05 Å². The largest absolute Gasteiger partial charge is 0.359 e. The molecule has 0 bridgehead atoms. The molecule has 1 N–H and O–H groups in total. The van der Waals surface area contributed by atoms with Crippen molar-refractivity contribution in [3.63, 3.8) is 0 Å². The Kier molecular flexibility index (Phi) is 4.64. The summed E-state index contributed by atoms with van der Waals surface area (Å²) in [5.41, 5.74) is 4.51. The molecule has 9 nitrogen and oxygen atoms in total. The summed E-state index contributed by atoms with van der Waals surface area (Å²) in [6.07, 6.45) is 10.4. The van der Waals surface area contributed by atoms with Crippen molar-refractivity contribution in [3.8, 4) is 17.1 Å². The number of aromatic nitrogens is 7. The zero-order valence-electron chi connectivity index (χ0n) is 16.1. The molecule has 4 rings (SSSR count). The first-order valence-corrected chi connectivity index (χ1v) is 9.16. The molecule has 0 aliphatic heterocycles. The molecule has 0 atom stereocenters. The fourth-order valence-electron chi connectivity index (χ4n) is 3.27. The monoisotopic (exact) mass is 378 g/mol. The summed E-state index contributed by atoms with van der Waals surface area (Å²) in [6.45, 7) is 4.65. The van der Waals surface area contributed by atoms with E-state index in [1.165, 1.54) is 0 Å². The van der Waals surface area contributed by atoms with Crippen LogP contribution in [0.2, 0.25) is 0 Å². The Balaban J connectivity index is 1.63. The molecule has 28 heavy (non-hydrogen) atoms. The molecule has 0 spiro atoms. The van der Waals surface area contributed by atoms with E-state index >= 15 is 0 Å². The van der Waals surface area contributed by atoms with Gasteiger partial charge in [-0.15, -0.1) is 0 Å². The van der Waals surface area contributed by atoms with Crippen molar-refractivity contribution < 1.29 is 4.79 Å². The van der Waals surface area contributed by atoms with Gasteiger partial charge in [-0.05, 0) is 26.3 Å². The van der Waals surface area contributed by atoms with E-state index in [1.54, 1.807) is 25.6 Å². The highest BCUT2D eigenvalue weighted by molar-refractivity contribution is 5.75. The van der Waals surface area contributed by atoms with Gasteiger partial charge in [0.1, 0.15) is 5.82 Å². The third kappa shape index (κ3) is 3.26. The van der Waals surface area contributed by atoms with Crippen LogP contribution in [0.1, 0.15) is 24.2 Å². The Bertz CT molecular complexity index is 1140. The third-order valence-electron chi connectivity index (χ3n) is 4.63. The SMILES string of the molecule is CNC(=O)CCCn1cc(-n2ccnc2-c2cnn3c(C)cc(C)nc23)cn1. The van der Waals surface area contributed by atoms with Gasteiger partial charge in [0.15, 0.2) is 5.65 Å². The first-order chi connectivity index (χ1) is 13.6. The molecule has 0 aliphatic carbocycles. The van der Waals surface area contributed by atoms with Gasteiger partial charge < -0.3 is 5.32 Å². The summed E-state index contributed by atoms with van der Waals surface area (Å²) in [5.74, 6) is 0.799. The standard InChI is InChI=1S/C19H22N8O/c1-13-9-14(2)27-19(24-13)16(11-23-27)18-21-6-8-26(18)15-10-22-25(12-15)7-4-5-17(28)20-3/h6,8-12H,4-5,7H2,1-3H3,(H,20,28). The van der Waals surface area contributed by atoms with E-state index in [0.717, 1.165) is 40.5 Å². The minimum Gasteiger partial charge on any atom is -0.359 e. The number of carbonyl (C=O) groups excluding carboxylic acids is 1. The predicted molar refractivity (Wildman–Crippen MR) is 104 cm³/mol. The van der Waals surface area contributed by atoms with Gasteiger partial charge in [-0.1, -0.05) is 0 Å². The highest BCUT2D eigenvalue weighted by Gasteiger charge is 2.16. The first-order valence-electron chi connectivity index (χ1n) is 9.16. The van der Waals surface area contributed by atoms with Crippen molar-refractivity contribution in [3.05, 3.63) is 48.4 Å². The van der Waals surface area contributed by atoms with Gasteiger partial charge in [0, 0.05) is 50.0 Å². The van der Waals surface area contributed by atoms with E-state index in [1.807, 2.05) is 46.1 Å². The summed E-state index contributed by atoms with van der Waals surface area (Å²) in [7, 11) is 1.65. The molecule has 0 radical (unpaired) electrons. The minimum atomic E-state index is 0.0375. The van der Waals surface area contributed by atoms with E-state index in [0.29, 0.717) is 13.0 Å². The van der Waals surface area contributed by atoms with Gasteiger partial charge in [-0.25, -0.2) is 14.5 Å². The van der Waals surface area contributed by atoms with Crippen LogP contribution in [0.4, 0.5) is 0 Å². The average molecular weight is 378 g/mol. The van der Waals surface area contributed by atoms with Crippen LogP contribution < -0.4 is 5.32 Å². The quantitative estimate of drug-likeness (QED) is 0.553. The van der Waals surface area contributed by atoms with Gasteiger partial charge in [0.25, 0.3) is 0 Å². The van der Waals surface area contributed by atoms with E-state index < -0.39 is 0 Å². The van der Waals surface area contributed by atoms with Crippen LogP contribution >= 0.6 is 0 Å². The zero-order chi connectivity index (χ0) is 19.7. The maximum Gasteiger partial charge on any atom is 0.219 e. The lowest BCUT2D eigenvalue weighted by molar-refractivity contribution is -0.120. The summed E-state index contributed by atoms with van der Waals surface area (Å²) in [6, 6.07) is 2.00. The minimum absolute atomic E-state index is 0.0375. The van der Waals surface area contributed by atoms with Crippen molar-refractivity contribution >= 4 is 11.6 Å². The summed E-state index contributed by atoms with van der Waals surface area (Å²) >= 11 is 0. The molecule has 9 heteroatoms. The average Bonchev–Trinajstić information content (AvgIpc) is 3.39. The molecule has 0 unspecified atom stereocenters. The zero-order valence-corrected chi connectivity index (χ0v) is 16.1. The summed E-state index contributed by atoms with van der Waals surface area (Å²) in [5, 5.41) is 11.5. The highest BCUT2D eigenvalue weighted by atomic mass is 16.1. The van der Waals surface area contributed by atoms with E-state index in [2.05, 4.69) is 25.5 Å². The number of imidazole rings is 1. The second kappa shape index (κ2) is 7.26. The maximum absolute atomic E-state index is 11.4. The second-order valence-electron chi connectivity index (χ2n) is 6.69. The molecule has 4 aromatic heterocycles. The van der Waals surface area contributed by atoms with Gasteiger partial charge in [-0.2, -0.15) is 10.2 Å². The van der Waals surface area contributed by atoms with E-state index in [9.17, 15) is 4.79 Å². The molecule has 4 heterocycles. The van der Waals surface area contributed by atoms with Crippen LogP contribution in [-0.2, 0) is 11.3 Å². The van der Waals surface area contributed by atoms with Crippen LogP contribution in [0.3, 0.4) is 0 Å². The highest BCUT2D eigenvalue weighted by Crippen LogP contribution is 2.25. The second-order valence-corrected chi connectivity index (χ2v) is 6.69. The topological polar surface area (TPSA) is 94.9 Å². The Morgan fingerprint density at radius 1 is 1.21 bits per heavy atom. The molecule has 0 fully saturated rings. The van der Waals surface area contributed by atoms with Crippen molar-refractivity contribution in [1.82, 2.24) is 39.2 Å². The Morgan fingerprint density at radius 2 is 2.07 bits per heavy atom. The van der Waals surface area contributed by atoms with Crippen LogP contribution in [0.5, 0.6) is 0 Å². The van der Waals surface area contributed by atoms with Crippen LogP contribution in [0.25, 0.3) is 22.7 Å². The number of aryl methyl sites for hydroxylation is 3. The maximum atomic E-state index is 11.4. The Hall–Kier alpha value is -3.49. The number of nitrogens with zero attached hydrogens (tertiary/aromatic N) is 7. The lowest BCUT2D eigenvalue weighted by Crippen LogP contribution is -2.17. The molecular formula is C19H22N8O. The van der Waals surface area contributed by atoms with Crippen LogP contribution in [0.15, 0.2) is 37.1 Å². The van der Waals surface area contributed by atoms with Gasteiger partial charge in [0.2, 0.25) is 5.91 Å². The van der Waals surface area contributed by atoms with Crippen LogP contribution in [0, 0.1) is 13.8 Å². The van der Waals surface area contributed by atoms with Gasteiger partial charge in [-0.3, -0.25) is 14.0 Å². The normalized spacial score (nSPS) is 11.2. The molecular weight excluding hydrogens is 356 g/mol. The summed E-state index contributed by atoms with van der Waals surface area (Å²) in [4.78, 5) is 20.5. The number of carbonyl (C=O) groups is 1. The number of hydrogen-bond acceptors (Lipinski definition) is 5. The fraction of sp³-hybridized carbons (Fsp3) is 0.316.